The van der Waals surface area contributed by atoms with Gasteiger partial charge >= 0.3 is 5.97 Å². The number of aromatic nitrogens is 2. The Bertz CT molecular complexity index is 772. The Morgan fingerprint density at radius 1 is 1.19 bits per heavy atom. The zero-order valence-electron chi connectivity index (χ0n) is 11.1. The van der Waals surface area contributed by atoms with Gasteiger partial charge in [0.1, 0.15) is 5.82 Å². The van der Waals surface area contributed by atoms with E-state index in [2.05, 4.69) is 21.4 Å². The number of hydrogen-bond donors (Lipinski definition) is 2. The van der Waals surface area contributed by atoms with Crippen LogP contribution in [0, 0.1) is 0 Å². The number of benzene rings is 1. The molecule has 2 N–H and O–H groups in total. The second-order valence-electron chi connectivity index (χ2n) is 4.47. The van der Waals surface area contributed by atoms with Crippen molar-refractivity contribution in [1.29, 1.82) is 0 Å². The van der Waals surface area contributed by atoms with Gasteiger partial charge in [-0.15, -0.1) is 11.3 Å². The quantitative estimate of drug-likeness (QED) is 0.757. The maximum absolute atomic E-state index is 11.1. The van der Waals surface area contributed by atoms with E-state index in [1.165, 1.54) is 4.88 Å². The lowest BCUT2D eigenvalue weighted by Gasteiger charge is -2.09. The second kappa shape index (κ2) is 5.88. The average molecular weight is 299 g/mol. The maximum atomic E-state index is 11.1. The molecule has 0 amide bonds. The van der Waals surface area contributed by atoms with Gasteiger partial charge in [-0.25, -0.2) is 14.8 Å². The fourth-order valence-corrected chi connectivity index (χ4v) is 2.77. The molecule has 106 valence electrons. The van der Waals surface area contributed by atoms with Gasteiger partial charge in [-0.2, -0.15) is 0 Å². The summed E-state index contributed by atoms with van der Waals surface area (Å²) in [5.74, 6) is -0.746. The molecule has 6 heteroatoms. The third-order valence-electron chi connectivity index (χ3n) is 3.04. The van der Waals surface area contributed by atoms with Crippen LogP contribution in [0.4, 0.5) is 5.82 Å². The van der Waals surface area contributed by atoms with E-state index in [1.54, 1.807) is 17.4 Å². The monoisotopic (exact) mass is 299 g/mol. The zero-order chi connectivity index (χ0) is 14.7. The molecular weight excluding hydrogens is 286 g/mol. The minimum absolute atomic E-state index is 0.188. The Kier molecular flexibility index (Phi) is 3.79. The number of para-hydroxylation sites is 1. The summed E-state index contributed by atoms with van der Waals surface area (Å²) < 4.78 is 0. The van der Waals surface area contributed by atoms with Crippen molar-refractivity contribution >= 4 is 34.0 Å². The number of carbonyl (C=O) groups is 1. The Morgan fingerprint density at radius 3 is 2.81 bits per heavy atom. The van der Waals surface area contributed by atoms with Crippen molar-refractivity contribution in [3.8, 4) is 0 Å². The van der Waals surface area contributed by atoms with Gasteiger partial charge in [-0.05, 0) is 30.0 Å². The minimum Gasteiger partial charge on any atom is -0.475 e. The molecule has 2 aromatic heterocycles. The van der Waals surface area contributed by atoms with Crippen LogP contribution in [0.1, 0.15) is 15.5 Å². The van der Waals surface area contributed by atoms with E-state index < -0.39 is 5.97 Å². The van der Waals surface area contributed by atoms with Crippen LogP contribution < -0.4 is 5.32 Å². The van der Waals surface area contributed by atoms with Crippen molar-refractivity contribution in [2.75, 3.05) is 11.9 Å². The summed E-state index contributed by atoms with van der Waals surface area (Å²) in [6.07, 6.45) is 0.873. The molecule has 1 aromatic carbocycles. The average Bonchev–Trinajstić information content (AvgIpc) is 3.00. The normalized spacial score (nSPS) is 10.7. The maximum Gasteiger partial charge on any atom is 0.374 e. The number of aromatic carboxylic acids is 1. The van der Waals surface area contributed by atoms with Crippen LogP contribution in [0.5, 0.6) is 0 Å². The topological polar surface area (TPSA) is 75.1 Å². The first-order valence-corrected chi connectivity index (χ1v) is 7.38. The van der Waals surface area contributed by atoms with Crippen LogP contribution in [0.25, 0.3) is 10.9 Å². The van der Waals surface area contributed by atoms with Crippen LogP contribution in [-0.4, -0.2) is 27.6 Å². The van der Waals surface area contributed by atoms with E-state index >= 15 is 0 Å². The van der Waals surface area contributed by atoms with E-state index in [4.69, 9.17) is 5.11 Å². The first-order valence-electron chi connectivity index (χ1n) is 6.50. The second-order valence-corrected chi connectivity index (χ2v) is 5.51. The van der Waals surface area contributed by atoms with Gasteiger partial charge in [-0.1, -0.05) is 18.2 Å². The number of fused-ring (bicyclic) bond motifs is 1. The SMILES string of the molecule is O=C(O)c1nc(NCCc2cccs2)c2ccccc2n1. The molecule has 3 rings (SSSR count). The van der Waals surface area contributed by atoms with Crippen LogP contribution in [0.2, 0.25) is 0 Å². The molecular formula is C15H13N3O2S. The Labute approximate surface area is 125 Å². The molecule has 0 fully saturated rings. The lowest BCUT2D eigenvalue weighted by Crippen LogP contribution is -2.11. The number of rotatable bonds is 5. The predicted octanol–water partition coefficient (Wildman–Crippen LogP) is 3.04. The standard InChI is InChI=1S/C15H13N3O2S/c19-15(20)14-17-12-6-2-1-5-11(12)13(18-14)16-8-7-10-4-3-9-21-10/h1-6,9H,7-8H2,(H,19,20)(H,16,17,18). The molecule has 0 bridgehead atoms. The molecule has 0 unspecified atom stereocenters. The highest BCUT2D eigenvalue weighted by Crippen LogP contribution is 2.20. The fourth-order valence-electron chi connectivity index (χ4n) is 2.07. The molecule has 0 atom stereocenters. The van der Waals surface area contributed by atoms with Crippen LogP contribution in [0.15, 0.2) is 41.8 Å². The minimum atomic E-state index is -1.12. The Balaban J connectivity index is 1.87. The number of anilines is 1. The molecule has 0 aliphatic rings. The van der Waals surface area contributed by atoms with Crippen molar-refractivity contribution in [2.45, 2.75) is 6.42 Å². The molecule has 0 aliphatic carbocycles. The molecule has 21 heavy (non-hydrogen) atoms. The predicted molar refractivity (Wildman–Crippen MR) is 83.0 cm³/mol. The van der Waals surface area contributed by atoms with E-state index in [9.17, 15) is 4.79 Å². The first-order chi connectivity index (χ1) is 10.2. The number of nitrogens with zero attached hydrogens (tertiary/aromatic N) is 2. The summed E-state index contributed by atoms with van der Waals surface area (Å²) in [7, 11) is 0. The third kappa shape index (κ3) is 3.00. The van der Waals surface area contributed by atoms with Crippen LogP contribution >= 0.6 is 11.3 Å². The van der Waals surface area contributed by atoms with Gasteiger partial charge in [0.05, 0.1) is 5.52 Å². The van der Waals surface area contributed by atoms with E-state index in [0.717, 1.165) is 11.8 Å². The lowest BCUT2D eigenvalue weighted by atomic mass is 10.2. The van der Waals surface area contributed by atoms with Crippen molar-refractivity contribution in [2.24, 2.45) is 0 Å². The molecule has 0 aliphatic heterocycles. The third-order valence-corrected chi connectivity index (χ3v) is 3.97. The molecule has 0 spiro atoms. The molecule has 5 nitrogen and oxygen atoms in total. The summed E-state index contributed by atoms with van der Waals surface area (Å²) in [6.45, 7) is 0.695. The number of hydrogen-bond acceptors (Lipinski definition) is 5. The van der Waals surface area contributed by atoms with Crippen LogP contribution in [-0.2, 0) is 6.42 Å². The highest BCUT2D eigenvalue weighted by molar-refractivity contribution is 7.09. The largest absolute Gasteiger partial charge is 0.475 e. The number of carboxylic acid groups (broad SMARTS) is 1. The molecule has 0 radical (unpaired) electrons. The summed E-state index contributed by atoms with van der Waals surface area (Å²) >= 11 is 1.70. The van der Waals surface area contributed by atoms with Crippen molar-refractivity contribution < 1.29 is 9.90 Å². The number of nitrogens with one attached hydrogen (secondary N) is 1. The van der Waals surface area contributed by atoms with E-state index in [-0.39, 0.29) is 5.82 Å². The first kappa shape index (κ1) is 13.5. The summed E-state index contributed by atoms with van der Waals surface area (Å²) in [4.78, 5) is 20.5. The molecule has 3 aromatic rings. The molecule has 0 saturated heterocycles. The van der Waals surface area contributed by atoms with E-state index in [0.29, 0.717) is 17.9 Å². The smallest absolute Gasteiger partial charge is 0.374 e. The van der Waals surface area contributed by atoms with Gasteiger partial charge in [0.25, 0.3) is 0 Å². The Morgan fingerprint density at radius 2 is 2.05 bits per heavy atom. The Hall–Kier alpha value is -2.47. The van der Waals surface area contributed by atoms with Crippen molar-refractivity contribution in [1.82, 2.24) is 9.97 Å². The van der Waals surface area contributed by atoms with Crippen molar-refractivity contribution in [3.05, 3.63) is 52.5 Å². The van der Waals surface area contributed by atoms with Gasteiger partial charge in [-0.3, -0.25) is 0 Å². The van der Waals surface area contributed by atoms with Crippen molar-refractivity contribution in [3.63, 3.8) is 0 Å². The zero-order valence-corrected chi connectivity index (χ0v) is 11.9. The lowest BCUT2D eigenvalue weighted by molar-refractivity contribution is 0.0684. The number of thiophene rings is 1. The summed E-state index contributed by atoms with van der Waals surface area (Å²) in [5, 5.41) is 15.2. The van der Waals surface area contributed by atoms with Gasteiger partial charge in [0, 0.05) is 16.8 Å². The molecule has 0 saturated carbocycles. The van der Waals surface area contributed by atoms with E-state index in [1.807, 2.05) is 29.6 Å². The fraction of sp³-hybridized carbons (Fsp3) is 0.133. The number of carboxylic acids is 1. The van der Waals surface area contributed by atoms with Gasteiger partial charge in [0.2, 0.25) is 5.82 Å². The van der Waals surface area contributed by atoms with Gasteiger partial charge in [0.15, 0.2) is 0 Å². The summed E-state index contributed by atoms with van der Waals surface area (Å²) in [5.41, 5.74) is 0.628. The highest BCUT2D eigenvalue weighted by atomic mass is 32.1. The summed E-state index contributed by atoms with van der Waals surface area (Å²) in [6, 6.07) is 11.5. The molecule has 2 heterocycles. The van der Waals surface area contributed by atoms with Gasteiger partial charge < -0.3 is 10.4 Å². The van der Waals surface area contributed by atoms with Crippen LogP contribution in [0.3, 0.4) is 0 Å². The highest BCUT2D eigenvalue weighted by Gasteiger charge is 2.12.